The predicted molar refractivity (Wildman–Crippen MR) is 60.8 cm³/mol. The van der Waals surface area contributed by atoms with E-state index in [-0.39, 0.29) is 24.8 Å². The SMILES string of the molecule is Cl.Cl.NC[C@@H]1C[C@@H]2CCCC[C@@H]2N1. The van der Waals surface area contributed by atoms with E-state index in [2.05, 4.69) is 5.32 Å². The largest absolute Gasteiger partial charge is 0.329 e. The van der Waals surface area contributed by atoms with Gasteiger partial charge in [-0.3, -0.25) is 0 Å². The quantitative estimate of drug-likeness (QED) is 0.715. The molecule has 3 N–H and O–H groups in total. The molecule has 1 saturated heterocycles. The minimum absolute atomic E-state index is 0. The standard InChI is InChI=1S/C9H18N2.2ClH/c10-6-8-5-7-3-1-2-4-9(7)11-8;;/h7-9,11H,1-6,10H2;2*1H/t7-,8-,9-;;/m0../s1. The molecule has 0 unspecified atom stereocenters. The second kappa shape index (κ2) is 6.07. The predicted octanol–water partition coefficient (Wildman–Crippen LogP) is 1.71. The van der Waals surface area contributed by atoms with Gasteiger partial charge in [0.05, 0.1) is 0 Å². The Hall–Kier alpha value is 0.500. The summed E-state index contributed by atoms with van der Waals surface area (Å²) >= 11 is 0. The van der Waals surface area contributed by atoms with Crippen molar-refractivity contribution in [1.82, 2.24) is 5.32 Å². The van der Waals surface area contributed by atoms with E-state index in [4.69, 9.17) is 5.73 Å². The summed E-state index contributed by atoms with van der Waals surface area (Å²) in [7, 11) is 0. The fourth-order valence-electron chi connectivity index (χ4n) is 2.61. The van der Waals surface area contributed by atoms with Crippen LogP contribution in [0.5, 0.6) is 0 Å². The summed E-state index contributed by atoms with van der Waals surface area (Å²) in [5.74, 6) is 0.956. The van der Waals surface area contributed by atoms with Gasteiger partial charge >= 0.3 is 0 Å². The zero-order valence-corrected chi connectivity index (χ0v) is 9.50. The minimum Gasteiger partial charge on any atom is -0.329 e. The first kappa shape index (κ1) is 13.5. The number of nitrogens with one attached hydrogen (secondary N) is 1. The van der Waals surface area contributed by atoms with E-state index in [1.165, 1.54) is 32.1 Å². The van der Waals surface area contributed by atoms with Crippen LogP contribution in [0.25, 0.3) is 0 Å². The molecule has 1 heterocycles. The number of halogens is 2. The average molecular weight is 227 g/mol. The molecular weight excluding hydrogens is 207 g/mol. The van der Waals surface area contributed by atoms with Crippen molar-refractivity contribution in [2.45, 2.75) is 44.2 Å². The number of rotatable bonds is 1. The van der Waals surface area contributed by atoms with Crippen LogP contribution in [-0.4, -0.2) is 18.6 Å². The maximum Gasteiger partial charge on any atom is 0.0196 e. The molecule has 2 rings (SSSR count). The molecule has 1 saturated carbocycles. The van der Waals surface area contributed by atoms with Gasteiger partial charge in [-0.05, 0) is 25.2 Å². The van der Waals surface area contributed by atoms with E-state index >= 15 is 0 Å². The van der Waals surface area contributed by atoms with Crippen LogP contribution >= 0.6 is 24.8 Å². The van der Waals surface area contributed by atoms with Crippen molar-refractivity contribution in [3.05, 3.63) is 0 Å². The van der Waals surface area contributed by atoms with Gasteiger partial charge in [0.25, 0.3) is 0 Å². The van der Waals surface area contributed by atoms with E-state index in [0.717, 1.165) is 18.5 Å². The highest BCUT2D eigenvalue weighted by Crippen LogP contribution is 2.32. The molecule has 3 atom stereocenters. The summed E-state index contributed by atoms with van der Waals surface area (Å²) in [5, 5.41) is 3.62. The molecule has 2 nitrogen and oxygen atoms in total. The van der Waals surface area contributed by atoms with E-state index in [1.807, 2.05) is 0 Å². The molecule has 2 fully saturated rings. The van der Waals surface area contributed by atoms with Crippen LogP contribution in [0.1, 0.15) is 32.1 Å². The Morgan fingerprint density at radius 2 is 1.85 bits per heavy atom. The highest BCUT2D eigenvalue weighted by Gasteiger charge is 2.33. The minimum atomic E-state index is 0. The van der Waals surface area contributed by atoms with Gasteiger partial charge in [0, 0.05) is 18.6 Å². The second-order valence-electron chi connectivity index (χ2n) is 3.99. The van der Waals surface area contributed by atoms with Crippen LogP contribution in [-0.2, 0) is 0 Å². The van der Waals surface area contributed by atoms with Crippen LogP contribution in [0.15, 0.2) is 0 Å². The molecule has 0 amide bonds. The Morgan fingerprint density at radius 1 is 1.15 bits per heavy atom. The van der Waals surface area contributed by atoms with Crippen LogP contribution in [0.2, 0.25) is 0 Å². The fraction of sp³-hybridized carbons (Fsp3) is 1.00. The highest BCUT2D eigenvalue weighted by molar-refractivity contribution is 5.85. The normalized spacial score (nSPS) is 37.2. The van der Waals surface area contributed by atoms with Crippen LogP contribution < -0.4 is 11.1 Å². The first-order valence-corrected chi connectivity index (χ1v) is 4.86. The third-order valence-corrected chi connectivity index (χ3v) is 3.23. The van der Waals surface area contributed by atoms with Crippen molar-refractivity contribution in [2.24, 2.45) is 11.7 Å². The lowest BCUT2D eigenvalue weighted by atomic mass is 9.85. The number of nitrogens with two attached hydrogens (primary N) is 1. The molecule has 1 aliphatic heterocycles. The topological polar surface area (TPSA) is 38.0 Å². The van der Waals surface area contributed by atoms with E-state index in [1.54, 1.807) is 0 Å². The van der Waals surface area contributed by atoms with Gasteiger partial charge in [0.1, 0.15) is 0 Å². The molecule has 0 aromatic rings. The fourth-order valence-corrected chi connectivity index (χ4v) is 2.61. The van der Waals surface area contributed by atoms with Gasteiger partial charge in [-0.2, -0.15) is 0 Å². The smallest absolute Gasteiger partial charge is 0.0196 e. The van der Waals surface area contributed by atoms with Crippen molar-refractivity contribution in [2.75, 3.05) is 6.54 Å². The van der Waals surface area contributed by atoms with E-state index in [0.29, 0.717) is 6.04 Å². The summed E-state index contributed by atoms with van der Waals surface area (Å²) < 4.78 is 0. The first-order valence-electron chi connectivity index (χ1n) is 4.86. The van der Waals surface area contributed by atoms with Crippen molar-refractivity contribution >= 4 is 24.8 Å². The summed E-state index contributed by atoms with van der Waals surface area (Å²) in [6, 6.07) is 1.44. The number of hydrogen-bond acceptors (Lipinski definition) is 2. The Labute approximate surface area is 92.8 Å². The second-order valence-corrected chi connectivity index (χ2v) is 3.99. The van der Waals surface area contributed by atoms with Gasteiger partial charge in [0.15, 0.2) is 0 Å². The van der Waals surface area contributed by atoms with Crippen molar-refractivity contribution in [3.8, 4) is 0 Å². The maximum atomic E-state index is 5.63. The Balaban J connectivity index is 0.000000720. The third-order valence-electron chi connectivity index (χ3n) is 3.23. The Bertz CT molecular complexity index is 130. The van der Waals surface area contributed by atoms with Crippen LogP contribution in [0.4, 0.5) is 0 Å². The van der Waals surface area contributed by atoms with Crippen molar-refractivity contribution in [3.63, 3.8) is 0 Å². The van der Waals surface area contributed by atoms with Crippen LogP contribution in [0.3, 0.4) is 0 Å². The molecule has 13 heavy (non-hydrogen) atoms. The van der Waals surface area contributed by atoms with E-state index < -0.39 is 0 Å². The monoisotopic (exact) mass is 226 g/mol. The molecule has 2 aliphatic rings. The highest BCUT2D eigenvalue weighted by atomic mass is 35.5. The summed E-state index contributed by atoms with van der Waals surface area (Å²) in [5.41, 5.74) is 5.63. The third kappa shape index (κ3) is 2.98. The maximum absolute atomic E-state index is 5.63. The number of hydrogen-bond donors (Lipinski definition) is 2. The van der Waals surface area contributed by atoms with Gasteiger partial charge in [-0.25, -0.2) is 0 Å². The van der Waals surface area contributed by atoms with Crippen molar-refractivity contribution < 1.29 is 0 Å². The van der Waals surface area contributed by atoms with Crippen LogP contribution in [0, 0.1) is 5.92 Å². The lowest BCUT2D eigenvalue weighted by molar-refractivity contribution is 0.325. The Kier molecular flexibility index (Phi) is 6.31. The molecule has 1 aliphatic carbocycles. The first-order chi connectivity index (χ1) is 5.40. The van der Waals surface area contributed by atoms with Crippen molar-refractivity contribution in [1.29, 1.82) is 0 Å². The van der Waals surface area contributed by atoms with Gasteiger partial charge in [-0.15, -0.1) is 24.8 Å². The van der Waals surface area contributed by atoms with Gasteiger partial charge in [0.2, 0.25) is 0 Å². The molecule has 4 heteroatoms. The molecule has 0 aromatic carbocycles. The number of fused-ring (bicyclic) bond motifs is 1. The molecular formula is C9H20Cl2N2. The van der Waals surface area contributed by atoms with Gasteiger partial charge < -0.3 is 11.1 Å². The van der Waals surface area contributed by atoms with E-state index in [9.17, 15) is 0 Å². The lowest BCUT2D eigenvalue weighted by Crippen LogP contribution is -2.36. The zero-order valence-electron chi connectivity index (χ0n) is 7.87. The molecule has 0 bridgehead atoms. The summed E-state index contributed by atoms with van der Waals surface area (Å²) in [6.07, 6.45) is 7.03. The Morgan fingerprint density at radius 3 is 2.46 bits per heavy atom. The zero-order chi connectivity index (χ0) is 7.68. The molecule has 0 radical (unpaired) electrons. The average Bonchev–Trinajstić information content (AvgIpc) is 2.46. The molecule has 80 valence electrons. The van der Waals surface area contributed by atoms with Gasteiger partial charge in [-0.1, -0.05) is 12.8 Å². The lowest BCUT2D eigenvalue weighted by Gasteiger charge is -2.24. The summed E-state index contributed by atoms with van der Waals surface area (Å²) in [6.45, 7) is 0.826. The molecule has 0 spiro atoms. The molecule has 0 aromatic heterocycles. The summed E-state index contributed by atoms with van der Waals surface area (Å²) in [4.78, 5) is 0.